The lowest BCUT2D eigenvalue weighted by Crippen LogP contribution is -2.01. The highest BCUT2D eigenvalue weighted by molar-refractivity contribution is 7.09. The second-order valence-electron chi connectivity index (χ2n) is 3.78. The third-order valence-corrected chi connectivity index (χ3v) is 3.00. The molecule has 0 aliphatic carbocycles. The first-order valence-corrected chi connectivity index (χ1v) is 6.07. The zero-order valence-corrected chi connectivity index (χ0v) is 10.1. The Morgan fingerprint density at radius 2 is 2.25 bits per heavy atom. The second kappa shape index (κ2) is 4.71. The Morgan fingerprint density at radius 3 is 2.88 bits per heavy atom. The number of nitrogens with two attached hydrogens (primary N) is 1. The third kappa shape index (κ3) is 2.28. The van der Waals surface area contributed by atoms with Crippen LogP contribution in [-0.2, 0) is 6.42 Å². The summed E-state index contributed by atoms with van der Waals surface area (Å²) in [6.07, 6.45) is 0.788. The predicted octanol–water partition coefficient (Wildman–Crippen LogP) is 1.82. The molecule has 0 amide bonds. The minimum Gasteiger partial charge on any atom is -0.332 e. The van der Waals surface area contributed by atoms with Gasteiger partial charge in [0, 0.05) is 17.7 Å². The van der Waals surface area contributed by atoms with Gasteiger partial charge in [0.2, 0.25) is 0 Å². The Balaban J connectivity index is 2.21. The maximum atomic E-state index is 5.47. The molecule has 0 saturated heterocycles. The van der Waals surface area contributed by atoms with E-state index in [1.165, 1.54) is 0 Å². The first-order chi connectivity index (χ1) is 7.70. The van der Waals surface area contributed by atoms with Crippen molar-refractivity contribution in [1.82, 2.24) is 15.1 Å². The van der Waals surface area contributed by atoms with E-state index < -0.39 is 0 Å². The standard InChI is InChI=1S/C10H14N4OS/c1-6(2)9-13-10(15-14-9)7-5-16-8(12-7)3-4-11/h5-6H,3-4,11H2,1-2H3. The van der Waals surface area contributed by atoms with Crippen LogP contribution in [0, 0.1) is 0 Å². The average Bonchev–Trinajstić information content (AvgIpc) is 2.84. The Kier molecular flexibility index (Phi) is 3.31. The Labute approximate surface area is 97.7 Å². The minimum atomic E-state index is 0.264. The van der Waals surface area contributed by atoms with Crippen molar-refractivity contribution in [3.8, 4) is 11.6 Å². The van der Waals surface area contributed by atoms with Gasteiger partial charge in [0.05, 0.1) is 5.01 Å². The second-order valence-corrected chi connectivity index (χ2v) is 4.72. The summed E-state index contributed by atoms with van der Waals surface area (Å²) in [5, 5.41) is 6.82. The summed E-state index contributed by atoms with van der Waals surface area (Å²) in [7, 11) is 0. The topological polar surface area (TPSA) is 77.8 Å². The molecule has 2 aromatic heterocycles. The summed E-state index contributed by atoms with van der Waals surface area (Å²) >= 11 is 1.57. The summed E-state index contributed by atoms with van der Waals surface area (Å²) in [5.74, 6) is 1.46. The first-order valence-electron chi connectivity index (χ1n) is 5.19. The zero-order valence-electron chi connectivity index (χ0n) is 9.30. The Morgan fingerprint density at radius 1 is 1.44 bits per heavy atom. The largest absolute Gasteiger partial charge is 0.332 e. The molecular weight excluding hydrogens is 224 g/mol. The summed E-state index contributed by atoms with van der Waals surface area (Å²) in [4.78, 5) is 8.67. The summed E-state index contributed by atoms with van der Waals surface area (Å²) < 4.78 is 5.16. The Bertz CT molecular complexity index is 463. The predicted molar refractivity (Wildman–Crippen MR) is 62.3 cm³/mol. The third-order valence-electron chi connectivity index (χ3n) is 2.09. The quantitative estimate of drug-likeness (QED) is 0.879. The lowest BCUT2D eigenvalue weighted by atomic mass is 10.2. The van der Waals surface area contributed by atoms with Crippen LogP contribution in [0.1, 0.15) is 30.6 Å². The SMILES string of the molecule is CC(C)c1noc(-c2csc(CCN)n2)n1. The number of thiazole rings is 1. The van der Waals surface area contributed by atoms with Gasteiger partial charge >= 0.3 is 0 Å². The molecular formula is C10H14N4OS. The number of rotatable bonds is 4. The van der Waals surface area contributed by atoms with Crippen LogP contribution < -0.4 is 5.73 Å². The van der Waals surface area contributed by atoms with Crippen molar-refractivity contribution in [2.24, 2.45) is 5.73 Å². The molecule has 0 aliphatic heterocycles. The summed E-state index contributed by atoms with van der Waals surface area (Å²) in [6.45, 7) is 4.65. The highest BCUT2D eigenvalue weighted by Gasteiger charge is 2.13. The molecule has 0 unspecified atom stereocenters. The molecule has 0 aromatic carbocycles. The summed E-state index contributed by atoms with van der Waals surface area (Å²) in [5.41, 5.74) is 6.21. The van der Waals surface area contributed by atoms with Crippen LogP contribution in [0.25, 0.3) is 11.6 Å². The van der Waals surface area contributed by atoms with Crippen molar-refractivity contribution in [1.29, 1.82) is 0 Å². The molecule has 0 radical (unpaired) electrons. The van der Waals surface area contributed by atoms with Gasteiger partial charge in [-0.3, -0.25) is 0 Å². The molecule has 5 nitrogen and oxygen atoms in total. The van der Waals surface area contributed by atoms with Gasteiger partial charge in [0.15, 0.2) is 5.82 Å². The molecule has 2 rings (SSSR count). The van der Waals surface area contributed by atoms with E-state index in [1.807, 2.05) is 19.2 Å². The van der Waals surface area contributed by atoms with Gasteiger partial charge in [-0.15, -0.1) is 11.3 Å². The van der Waals surface area contributed by atoms with Crippen LogP contribution >= 0.6 is 11.3 Å². The molecule has 16 heavy (non-hydrogen) atoms. The highest BCUT2D eigenvalue weighted by atomic mass is 32.1. The van der Waals surface area contributed by atoms with Crippen molar-refractivity contribution in [3.63, 3.8) is 0 Å². The van der Waals surface area contributed by atoms with E-state index >= 15 is 0 Å². The monoisotopic (exact) mass is 238 g/mol. The maximum absolute atomic E-state index is 5.47. The molecule has 0 bridgehead atoms. The van der Waals surface area contributed by atoms with Crippen LogP contribution in [0.4, 0.5) is 0 Å². The number of nitrogens with zero attached hydrogens (tertiary/aromatic N) is 3. The molecule has 0 spiro atoms. The molecule has 0 aliphatic rings. The van der Waals surface area contributed by atoms with Crippen molar-refractivity contribution < 1.29 is 4.52 Å². The summed E-state index contributed by atoms with van der Waals surface area (Å²) in [6, 6.07) is 0. The normalized spacial score (nSPS) is 11.2. The van der Waals surface area contributed by atoms with Crippen LogP contribution in [0.2, 0.25) is 0 Å². The molecule has 2 N–H and O–H groups in total. The van der Waals surface area contributed by atoms with Gasteiger partial charge in [0.1, 0.15) is 5.69 Å². The van der Waals surface area contributed by atoms with Crippen LogP contribution in [0.3, 0.4) is 0 Å². The molecule has 6 heteroatoms. The fourth-order valence-corrected chi connectivity index (χ4v) is 2.01. The van der Waals surface area contributed by atoms with E-state index in [9.17, 15) is 0 Å². The van der Waals surface area contributed by atoms with E-state index in [-0.39, 0.29) is 5.92 Å². The smallest absolute Gasteiger partial charge is 0.277 e. The first kappa shape index (κ1) is 11.2. The molecule has 0 atom stereocenters. The fraction of sp³-hybridized carbons (Fsp3) is 0.500. The van der Waals surface area contributed by atoms with Crippen molar-refractivity contribution in [2.75, 3.05) is 6.54 Å². The van der Waals surface area contributed by atoms with E-state index in [1.54, 1.807) is 11.3 Å². The molecule has 2 heterocycles. The van der Waals surface area contributed by atoms with Gasteiger partial charge in [-0.1, -0.05) is 19.0 Å². The molecule has 0 fully saturated rings. The van der Waals surface area contributed by atoms with Crippen LogP contribution in [0.5, 0.6) is 0 Å². The number of aromatic nitrogens is 3. The van der Waals surface area contributed by atoms with Gasteiger partial charge in [-0.2, -0.15) is 4.98 Å². The van der Waals surface area contributed by atoms with Gasteiger partial charge < -0.3 is 10.3 Å². The Hall–Kier alpha value is -1.27. The van der Waals surface area contributed by atoms with Crippen molar-refractivity contribution in [2.45, 2.75) is 26.2 Å². The van der Waals surface area contributed by atoms with Gasteiger partial charge in [-0.25, -0.2) is 4.98 Å². The van der Waals surface area contributed by atoms with Crippen molar-refractivity contribution >= 4 is 11.3 Å². The van der Waals surface area contributed by atoms with E-state index in [2.05, 4.69) is 15.1 Å². The molecule has 0 saturated carbocycles. The van der Waals surface area contributed by atoms with Crippen LogP contribution in [-0.4, -0.2) is 21.7 Å². The van der Waals surface area contributed by atoms with Gasteiger partial charge in [-0.05, 0) is 6.54 Å². The number of hydrogen-bond acceptors (Lipinski definition) is 6. The van der Waals surface area contributed by atoms with E-state index in [0.717, 1.165) is 17.1 Å². The van der Waals surface area contributed by atoms with Crippen molar-refractivity contribution in [3.05, 3.63) is 16.2 Å². The average molecular weight is 238 g/mol. The maximum Gasteiger partial charge on any atom is 0.277 e. The lowest BCUT2D eigenvalue weighted by Gasteiger charge is -1.91. The molecule has 2 aromatic rings. The fourth-order valence-electron chi connectivity index (χ4n) is 1.22. The number of hydrogen-bond donors (Lipinski definition) is 1. The van der Waals surface area contributed by atoms with E-state index in [0.29, 0.717) is 18.3 Å². The molecule has 86 valence electrons. The lowest BCUT2D eigenvalue weighted by molar-refractivity contribution is 0.418. The van der Waals surface area contributed by atoms with E-state index in [4.69, 9.17) is 10.3 Å². The van der Waals surface area contributed by atoms with Crippen LogP contribution in [0.15, 0.2) is 9.90 Å². The highest BCUT2D eigenvalue weighted by Crippen LogP contribution is 2.22. The van der Waals surface area contributed by atoms with Gasteiger partial charge in [0.25, 0.3) is 5.89 Å². The minimum absolute atomic E-state index is 0.264. The zero-order chi connectivity index (χ0) is 11.5.